The van der Waals surface area contributed by atoms with Crippen molar-refractivity contribution in [1.29, 1.82) is 0 Å². The number of ether oxygens (including phenoxy) is 2. The Hall–Kier alpha value is -2.22. The second-order valence-electron chi connectivity index (χ2n) is 7.75. The van der Waals surface area contributed by atoms with Crippen LogP contribution in [0.3, 0.4) is 0 Å². The van der Waals surface area contributed by atoms with Gasteiger partial charge >= 0.3 is 0 Å². The molecule has 0 fully saturated rings. The van der Waals surface area contributed by atoms with Crippen molar-refractivity contribution in [1.82, 2.24) is 9.55 Å². The lowest BCUT2D eigenvalue weighted by molar-refractivity contribution is 0.0198. The van der Waals surface area contributed by atoms with Crippen LogP contribution in [0.25, 0.3) is 10.2 Å². The normalized spacial score (nSPS) is 17.3. The molecule has 0 bridgehead atoms. The molecule has 0 amide bonds. The van der Waals surface area contributed by atoms with E-state index in [1.54, 1.807) is 24.8 Å². The standard InChI is InChI=1S/C22H26N2O4S/c1-14-3-8-18-19(9-14)29-21-20(18)22(26)24(13-23-21)10-16(25)12-28-11-15-4-6-17(27-2)7-5-15/h4-7,13-14,16,25H,3,8-12H2,1-2H3. The highest BCUT2D eigenvalue weighted by Crippen LogP contribution is 2.35. The van der Waals surface area contributed by atoms with Gasteiger partial charge in [-0.05, 0) is 48.4 Å². The van der Waals surface area contributed by atoms with Crippen LogP contribution in [0.1, 0.15) is 29.3 Å². The lowest BCUT2D eigenvalue weighted by atomic mass is 9.89. The molecule has 154 valence electrons. The summed E-state index contributed by atoms with van der Waals surface area (Å²) in [5.74, 6) is 1.45. The van der Waals surface area contributed by atoms with Crippen molar-refractivity contribution in [3.63, 3.8) is 0 Å². The van der Waals surface area contributed by atoms with E-state index in [0.717, 1.165) is 40.8 Å². The predicted octanol–water partition coefficient (Wildman–Crippen LogP) is 3.17. The van der Waals surface area contributed by atoms with Gasteiger partial charge in [0.1, 0.15) is 10.6 Å². The maximum atomic E-state index is 13.0. The first-order chi connectivity index (χ1) is 14.0. The Morgan fingerprint density at radius 2 is 2.14 bits per heavy atom. The summed E-state index contributed by atoms with van der Waals surface area (Å²) in [4.78, 5) is 19.6. The number of nitrogens with zero attached hydrogens (tertiary/aromatic N) is 2. The summed E-state index contributed by atoms with van der Waals surface area (Å²) in [6.45, 7) is 2.96. The fraction of sp³-hybridized carbons (Fsp3) is 0.455. The van der Waals surface area contributed by atoms with Crippen LogP contribution in [-0.4, -0.2) is 34.5 Å². The molecule has 0 aliphatic heterocycles. The molecular weight excluding hydrogens is 388 g/mol. The Kier molecular flexibility index (Phi) is 5.99. The highest BCUT2D eigenvalue weighted by molar-refractivity contribution is 7.18. The number of hydrogen-bond acceptors (Lipinski definition) is 6. The van der Waals surface area contributed by atoms with Gasteiger partial charge in [-0.25, -0.2) is 4.98 Å². The molecule has 2 aromatic heterocycles. The largest absolute Gasteiger partial charge is 0.497 e. The van der Waals surface area contributed by atoms with E-state index < -0.39 is 6.10 Å². The van der Waals surface area contributed by atoms with E-state index in [-0.39, 0.29) is 18.7 Å². The zero-order chi connectivity index (χ0) is 20.4. The summed E-state index contributed by atoms with van der Waals surface area (Å²) < 4.78 is 12.3. The van der Waals surface area contributed by atoms with Gasteiger partial charge in [-0.3, -0.25) is 9.36 Å². The van der Waals surface area contributed by atoms with Crippen LogP contribution in [-0.2, 0) is 30.7 Å². The van der Waals surface area contributed by atoms with Crippen LogP contribution in [0, 0.1) is 5.92 Å². The number of aryl methyl sites for hydroxylation is 1. The molecule has 0 spiro atoms. The molecule has 1 N–H and O–H groups in total. The van der Waals surface area contributed by atoms with Gasteiger partial charge < -0.3 is 14.6 Å². The lowest BCUT2D eigenvalue weighted by Gasteiger charge is -2.17. The molecule has 0 saturated carbocycles. The van der Waals surface area contributed by atoms with Crippen molar-refractivity contribution in [2.75, 3.05) is 13.7 Å². The highest BCUT2D eigenvalue weighted by Gasteiger charge is 2.23. The number of aliphatic hydroxyl groups excluding tert-OH is 1. The number of aromatic nitrogens is 2. The first kappa shape index (κ1) is 20.1. The van der Waals surface area contributed by atoms with Gasteiger partial charge in [-0.2, -0.15) is 0 Å². The Morgan fingerprint density at radius 3 is 2.90 bits per heavy atom. The van der Waals surface area contributed by atoms with Gasteiger partial charge in [0, 0.05) is 4.88 Å². The second kappa shape index (κ2) is 8.65. The average Bonchev–Trinajstić information content (AvgIpc) is 3.09. The second-order valence-corrected chi connectivity index (χ2v) is 8.83. The summed E-state index contributed by atoms with van der Waals surface area (Å²) in [6.07, 6.45) is 3.83. The van der Waals surface area contributed by atoms with Crippen molar-refractivity contribution in [3.05, 3.63) is 57.0 Å². The first-order valence-corrected chi connectivity index (χ1v) is 10.7. The van der Waals surface area contributed by atoms with Crippen molar-refractivity contribution in [3.8, 4) is 5.75 Å². The van der Waals surface area contributed by atoms with Crippen LogP contribution >= 0.6 is 11.3 Å². The maximum Gasteiger partial charge on any atom is 0.262 e. The molecule has 2 heterocycles. The minimum absolute atomic E-state index is 0.0590. The zero-order valence-corrected chi connectivity index (χ0v) is 17.6. The number of rotatable bonds is 7. The topological polar surface area (TPSA) is 73.6 Å². The monoisotopic (exact) mass is 414 g/mol. The zero-order valence-electron chi connectivity index (χ0n) is 16.8. The Balaban J connectivity index is 1.40. The van der Waals surface area contributed by atoms with E-state index >= 15 is 0 Å². The number of benzene rings is 1. The third-order valence-corrected chi connectivity index (χ3v) is 6.59. The van der Waals surface area contributed by atoms with E-state index in [1.807, 2.05) is 24.3 Å². The minimum atomic E-state index is -0.778. The SMILES string of the molecule is COc1ccc(COCC(O)Cn2cnc3sc4c(c3c2=O)CCC(C)C4)cc1. The predicted molar refractivity (Wildman–Crippen MR) is 114 cm³/mol. The van der Waals surface area contributed by atoms with Crippen molar-refractivity contribution >= 4 is 21.6 Å². The van der Waals surface area contributed by atoms with Crippen LogP contribution in [0.2, 0.25) is 0 Å². The Morgan fingerprint density at radius 1 is 1.34 bits per heavy atom. The molecule has 3 aromatic rings. The van der Waals surface area contributed by atoms with Crippen molar-refractivity contribution in [2.24, 2.45) is 5.92 Å². The summed E-state index contributed by atoms with van der Waals surface area (Å²) in [5.41, 5.74) is 2.11. The van der Waals surface area contributed by atoms with E-state index in [4.69, 9.17) is 9.47 Å². The van der Waals surface area contributed by atoms with E-state index in [9.17, 15) is 9.90 Å². The average molecular weight is 415 g/mol. The van der Waals surface area contributed by atoms with Crippen molar-refractivity contribution < 1.29 is 14.6 Å². The molecule has 6 nitrogen and oxygen atoms in total. The number of fused-ring (bicyclic) bond motifs is 3. The maximum absolute atomic E-state index is 13.0. The molecule has 4 rings (SSSR count). The van der Waals surface area contributed by atoms with E-state index in [2.05, 4.69) is 11.9 Å². The minimum Gasteiger partial charge on any atom is -0.497 e. The molecule has 1 aliphatic carbocycles. The van der Waals surface area contributed by atoms with Gasteiger partial charge in [0.25, 0.3) is 5.56 Å². The van der Waals surface area contributed by atoms with Gasteiger partial charge in [0.05, 0.1) is 44.7 Å². The summed E-state index contributed by atoms with van der Waals surface area (Å²) >= 11 is 1.64. The summed E-state index contributed by atoms with van der Waals surface area (Å²) in [7, 11) is 1.63. The fourth-order valence-electron chi connectivity index (χ4n) is 3.81. The quantitative estimate of drug-likeness (QED) is 0.643. The van der Waals surface area contributed by atoms with E-state index in [0.29, 0.717) is 12.5 Å². The van der Waals surface area contributed by atoms with E-state index in [1.165, 1.54) is 15.0 Å². The molecule has 1 aliphatic rings. The van der Waals surface area contributed by atoms with Gasteiger partial charge in [-0.15, -0.1) is 11.3 Å². The summed E-state index contributed by atoms with van der Waals surface area (Å²) in [6, 6.07) is 7.60. The molecule has 2 atom stereocenters. The number of aliphatic hydroxyl groups is 1. The fourth-order valence-corrected chi connectivity index (χ4v) is 5.15. The Bertz CT molecular complexity index is 1040. The van der Waals surface area contributed by atoms with Gasteiger partial charge in [-0.1, -0.05) is 19.1 Å². The number of thiophene rings is 1. The molecular formula is C22H26N2O4S. The third-order valence-electron chi connectivity index (χ3n) is 5.43. The molecule has 1 aromatic carbocycles. The molecule has 7 heteroatoms. The molecule has 2 unspecified atom stereocenters. The van der Waals surface area contributed by atoms with Crippen molar-refractivity contribution in [2.45, 2.75) is 45.4 Å². The number of methoxy groups -OCH3 is 1. The third kappa shape index (κ3) is 4.37. The smallest absolute Gasteiger partial charge is 0.262 e. The van der Waals surface area contributed by atoms with Crippen LogP contribution in [0.4, 0.5) is 0 Å². The highest BCUT2D eigenvalue weighted by atomic mass is 32.1. The Labute approximate surface area is 173 Å². The lowest BCUT2D eigenvalue weighted by Crippen LogP contribution is -2.29. The molecule has 29 heavy (non-hydrogen) atoms. The van der Waals surface area contributed by atoms with Crippen LogP contribution in [0.15, 0.2) is 35.4 Å². The number of hydrogen-bond donors (Lipinski definition) is 1. The summed E-state index contributed by atoms with van der Waals surface area (Å²) in [5, 5.41) is 11.1. The van der Waals surface area contributed by atoms with Crippen LogP contribution in [0.5, 0.6) is 5.75 Å². The van der Waals surface area contributed by atoms with Gasteiger partial charge in [0.2, 0.25) is 0 Å². The van der Waals surface area contributed by atoms with Gasteiger partial charge in [0.15, 0.2) is 0 Å². The first-order valence-electron chi connectivity index (χ1n) is 9.93. The van der Waals surface area contributed by atoms with Crippen LogP contribution < -0.4 is 10.3 Å². The molecule has 0 saturated heterocycles. The molecule has 0 radical (unpaired) electrons.